The molecule has 2 amide bonds. The number of ether oxygens (including phenoxy) is 1. The minimum absolute atomic E-state index is 0.175. The van der Waals surface area contributed by atoms with Gasteiger partial charge in [-0.2, -0.15) is 0 Å². The molecule has 4 aromatic rings. The van der Waals surface area contributed by atoms with Crippen LogP contribution >= 0.6 is 23.1 Å². The third-order valence-corrected chi connectivity index (χ3v) is 6.59. The Hall–Kier alpha value is -3.43. The molecule has 9 heteroatoms. The molecule has 0 atom stereocenters. The van der Waals surface area contributed by atoms with Crippen molar-refractivity contribution in [3.8, 4) is 5.75 Å². The number of thioether (sulfide) groups is 1. The number of thiazole rings is 1. The predicted octanol–water partition coefficient (Wildman–Crippen LogP) is 5.43. The summed E-state index contributed by atoms with van der Waals surface area (Å²) in [5.41, 5.74) is 2.41. The summed E-state index contributed by atoms with van der Waals surface area (Å²) in [6.07, 6.45) is 0. The van der Waals surface area contributed by atoms with Crippen LogP contribution in [0.4, 0.5) is 15.8 Å². The fourth-order valence-corrected chi connectivity index (χ4v) is 4.84. The van der Waals surface area contributed by atoms with Gasteiger partial charge in [-0.25, -0.2) is 9.37 Å². The van der Waals surface area contributed by atoms with E-state index in [0.29, 0.717) is 22.7 Å². The monoisotopic (exact) mass is 467 g/mol. The number of nitrogens with zero attached hydrogens (tertiary/aromatic N) is 1. The maximum Gasteiger partial charge on any atom is 0.259 e. The van der Waals surface area contributed by atoms with E-state index in [-0.39, 0.29) is 23.4 Å². The Morgan fingerprint density at radius 2 is 1.78 bits per heavy atom. The van der Waals surface area contributed by atoms with Gasteiger partial charge in [0.15, 0.2) is 4.34 Å². The van der Waals surface area contributed by atoms with Gasteiger partial charge in [0.25, 0.3) is 5.91 Å². The van der Waals surface area contributed by atoms with Gasteiger partial charge in [-0.05, 0) is 54.6 Å². The number of amides is 2. The van der Waals surface area contributed by atoms with Crippen LogP contribution in [-0.4, -0.2) is 29.7 Å². The number of methoxy groups -OCH3 is 1. The zero-order valence-electron chi connectivity index (χ0n) is 16.9. The highest BCUT2D eigenvalue weighted by Gasteiger charge is 2.13. The van der Waals surface area contributed by atoms with Crippen LogP contribution in [0.3, 0.4) is 0 Å². The van der Waals surface area contributed by atoms with Crippen LogP contribution in [0, 0.1) is 5.82 Å². The molecule has 0 radical (unpaired) electrons. The Balaban J connectivity index is 1.39. The Kier molecular flexibility index (Phi) is 6.67. The Bertz CT molecular complexity index is 1280. The molecular formula is C23H18FN3O3S2. The number of anilines is 2. The van der Waals surface area contributed by atoms with Crippen molar-refractivity contribution in [1.82, 2.24) is 4.98 Å². The van der Waals surface area contributed by atoms with E-state index < -0.39 is 0 Å². The lowest BCUT2D eigenvalue weighted by atomic mass is 10.2. The maximum absolute atomic E-state index is 13.0. The van der Waals surface area contributed by atoms with Crippen molar-refractivity contribution in [3.63, 3.8) is 0 Å². The number of fused-ring (bicyclic) bond motifs is 1. The van der Waals surface area contributed by atoms with Crippen molar-refractivity contribution in [3.05, 3.63) is 78.1 Å². The highest BCUT2D eigenvalue weighted by Crippen LogP contribution is 2.31. The SMILES string of the molecule is COc1ccccc1C(=O)Nc1ccc2nc(SCC(=O)Nc3ccc(F)cc3)sc2c1. The van der Waals surface area contributed by atoms with Crippen LogP contribution in [0.25, 0.3) is 10.2 Å². The van der Waals surface area contributed by atoms with E-state index in [1.165, 1.54) is 54.5 Å². The van der Waals surface area contributed by atoms with Gasteiger partial charge in [0, 0.05) is 11.4 Å². The summed E-state index contributed by atoms with van der Waals surface area (Å²) in [7, 11) is 1.52. The molecule has 0 spiro atoms. The van der Waals surface area contributed by atoms with E-state index in [2.05, 4.69) is 15.6 Å². The van der Waals surface area contributed by atoms with Crippen LogP contribution in [0.15, 0.2) is 71.1 Å². The number of halogens is 1. The minimum Gasteiger partial charge on any atom is -0.496 e. The quantitative estimate of drug-likeness (QED) is 0.355. The molecule has 0 bridgehead atoms. The van der Waals surface area contributed by atoms with Gasteiger partial charge in [-0.3, -0.25) is 9.59 Å². The number of nitrogens with one attached hydrogen (secondary N) is 2. The van der Waals surface area contributed by atoms with Gasteiger partial charge < -0.3 is 15.4 Å². The van der Waals surface area contributed by atoms with E-state index in [9.17, 15) is 14.0 Å². The zero-order chi connectivity index (χ0) is 22.5. The second-order valence-electron chi connectivity index (χ2n) is 6.66. The molecule has 0 saturated carbocycles. The molecule has 32 heavy (non-hydrogen) atoms. The molecule has 0 fully saturated rings. The van der Waals surface area contributed by atoms with Crippen molar-refractivity contribution >= 4 is 56.5 Å². The third kappa shape index (κ3) is 5.24. The average molecular weight is 468 g/mol. The summed E-state index contributed by atoms with van der Waals surface area (Å²) in [6, 6.07) is 18.1. The van der Waals surface area contributed by atoms with Gasteiger partial charge >= 0.3 is 0 Å². The third-order valence-electron chi connectivity index (χ3n) is 4.43. The first-order valence-corrected chi connectivity index (χ1v) is 11.4. The van der Waals surface area contributed by atoms with Gasteiger partial charge in [0.05, 0.1) is 28.6 Å². The number of para-hydroxylation sites is 1. The predicted molar refractivity (Wildman–Crippen MR) is 126 cm³/mol. The largest absolute Gasteiger partial charge is 0.496 e. The summed E-state index contributed by atoms with van der Waals surface area (Å²) >= 11 is 2.75. The standard InChI is InChI=1S/C23H18FN3O3S2/c1-30-19-5-3-2-4-17(19)22(29)26-16-10-11-18-20(12-16)32-23(27-18)31-13-21(28)25-15-8-6-14(24)7-9-15/h2-12H,13H2,1H3,(H,25,28)(H,26,29). The van der Waals surface area contributed by atoms with Crippen molar-refractivity contribution < 1.29 is 18.7 Å². The van der Waals surface area contributed by atoms with Crippen molar-refractivity contribution in [2.45, 2.75) is 4.34 Å². The van der Waals surface area contributed by atoms with E-state index >= 15 is 0 Å². The normalized spacial score (nSPS) is 10.7. The topological polar surface area (TPSA) is 80.3 Å². The summed E-state index contributed by atoms with van der Waals surface area (Å²) in [4.78, 5) is 29.3. The number of hydrogen-bond donors (Lipinski definition) is 2. The number of rotatable bonds is 7. The smallest absolute Gasteiger partial charge is 0.259 e. The molecule has 1 aromatic heterocycles. The summed E-state index contributed by atoms with van der Waals surface area (Å²) in [5.74, 6) is -0.148. The molecular weight excluding hydrogens is 449 g/mol. The van der Waals surface area contributed by atoms with Crippen molar-refractivity contribution in [2.75, 3.05) is 23.5 Å². The van der Waals surface area contributed by atoms with Gasteiger partial charge in [-0.15, -0.1) is 11.3 Å². The molecule has 162 valence electrons. The van der Waals surface area contributed by atoms with E-state index in [1.807, 2.05) is 12.1 Å². The first-order chi connectivity index (χ1) is 15.5. The highest BCUT2D eigenvalue weighted by atomic mass is 32.2. The number of aromatic nitrogens is 1. The van der Waals surface area contributed by atoms with Gasteiger partial charge in [-0.1, -0.05) is 23.9 Å². The van der Waals surface area contributed by atoms with Crippen LogP contribution in [-0.2, 0) is 4.79 Å². The summed E-state index contributed by atoms with van der Waals surface area (Å²) in [6.45, 7) is 0. The number of benzene rings is 3. The molecule has 0 unspecified atom stereocenters. The van der Waals surface area contributed by atoms with Gasteiger partial charge in [0.1, 0.15) is 11.6 Å². The van der Waals surface area contributed by atoms with E-state index in [0.717, 1.165) is 14.6 Å². The molecule has 1 heterocycles. The van der Waals surface area contributed by atoms with Crippen LogP contribution < -0.4 is 15.4 Å². The molecule has 0 saturated heterocycles. The first-order valence-electron chi connectivity index (χ1n) is 9.55. The lowest BCUT2D eigenvalue weighted by Gasteiger charge is -2.09. The average Bonchev–Trinajstić information content (AvgIpc) is 3.21. The number of carbonyl (C=O) groups excluding carboxylic acids is 2. The van der Waals surface area contributed by atoms with Crippen molar-refractivity contribution in [2.24, 2.45) is 0 Å². The van der Waals surface area contributed by atoms with Crippen molar-refractivity contribution in [1.29, 1.82) is 0 Å². The lowest BCUT2D eigenvalue weighted by Crippen LogP contribution is -2.13. The summed E-state index contributed by atoms with van der Waals surface area (Å²) in [5, 5.41) is 5.60. The number of carbonyl (C=O) groups is 2. The molecule has 3 aromatic carbocycles. The molecule has 2 N–H and O–H groups in total. The van der Waals surface area contributed by atoms with Crippen LogP contribution in [0.1, 0.15) is 10.4 Å². The minimum atomic E-state index is -0.356. The van der Waals surface area contributed by atoms with Gasteiger partial charge in [0.2, 0.25) is 5.91 Å². The fraction of sp³-hybridized carbons (Fsp3) is 0.0870. The zero-order valence-corrected chi connectivity index (χ0v) is 18.6. The first kappa shape index (κ1) is 21.8. The fourth-order valence-electron chi connectivity index (χ4n) is 2.93. The highest BCUT2D eigenvalue weighted by molar-refractivity contribution is 8.01. The van der Waals surface area contributed by atoms with Crippen LogP contribution in [0.5, 0.6) is 5.75 Å². The second kappa shape index (κ2) is 9.80. The van der Waals surface area contributed by atoms with E-state index in [1.54, 1.807) is 30.3 Å². The Labute approximate surface area is 191 Å². The second-order valence-corrected chi connectivity index (χ2v) is 8.91. The maximum atomic E-state index is 13.0. The summed E-state index contributed by atoms with van der Waals surface area (Å²) < 4.78 is 19.8. The van der Waals surface area contributed by atoms with E-state index in [4.69, 9.17) is 4.74 Å². The Morgan fingerprint density at radius 3 is 2.56 bits per heavy atom. The molecule has 4 rings (SSSR count). The number of hydrogen-bond acceptors (Lipinski definition) is 6. The van der Waals surface area contributed by atoms with Crippen LogP contribution in [0.2, 0.25) is 0 Å². The molecule has 0 aliphatic carbocycles. The molecule has 0 aliphatic heterocycles. The Morgan fingerprint density at radius 1 is 1.03 bits per heavy atom. The lowest BCUT2D eigenvalue weighted by molar-refractivity contribution is -0.113. The molecule has 6 nitrogen and oxygen atoms in total. The molecule has 0 aliphatic rings.